The van der Waals surface area contributed by atoms with Crippen molar-refractivity contribution in [1.82, 2.24) is 4.98 Å². The van der Waals surface area contributed by atoms with Crippen LogP contribution in [0.4, 0.5) is 0 Å². The largest absolute Gasteiger partial charge is 0.485 e. The maximum Gasteiger partial charge on any atom is 0.140 e. The fourth-order valence-corrected chi connectivity index (χ4v) is 2.87. The Morgan fingerprint density at radius 3 is 2.88 bits per heavy atom. The average Bonchev–Trinajstić information content (AvgIpc) is 2.76. The van der Waals surface area contributed by atoms with Gasteiger partial charge >= 0.3 is 0 Å². The van der Waals surface area contributed by atoms with Crippen molar-refractivity contribution >= 4 is 50.5 Å². The van der Waals surface area contributed by atoms with E-state index < -0.39 is 0 Å². The van der Waals surface area contributed by atoms with Crippen molar-refractivity contribution in [3.05, 3.63) is 43.8 Å². The first-order valence-electron chi connectivity index (χ1n) is 4.76. The van der Waals surface area contributed by atoms with Crippen LogP contribution in [-0.4, -0.2) is 4.98 Å². The maximum atomic E-state index is 6.04. The second-order valence-electron chi connectivity index (χ2n) is 3.23. The van der Waals surface area contributed by atoms with E-state index in [4.69, 9.17) is 27.9 Å². The molecule has 0 aliphatic rings. The van der Waals surface area contributed by atoms with Gasteiger partial charge in [-0.25, -0.2) is 4.98 Å². The first-order chi connectivity index (χ1) is 8.19. The Morgan fingerprint density at radius 2 is 2.24 bits per heavy atom. The topological polar surface area (TPSA) is 22.1 Å². The summed E-state index contributed by atoms with van der Waals surface area (Å²) in [5.41, 5.74) is 0.872. The van der Waals surface area contributed by atoms with Crippen LogP contribution in [-0.2, 0) is 12.5 Å². The molecule has 2 nitrogen and oxygen atoms in total. The second-order valence-corrected chi connectivity index (χ2v) is 5.76. The Labute approximate surface area is 122 Å². The van der Waals surface area contributed by atoms with E-state index in [1.54, 1.807) is 6.07 Å². The molecule has 0 unspecified atom stereocenters. The summed E-state index contributed by atoms with van der Waals surface area (Å²) < 4.78 is 6.51. The van der Waals surface area contributed by atoms with Gasteiger partial charge in [-0.2, -0.15) is 0 Å². The van der Waals surface area contributed by atoms with E-state index >= 15 is 0 Å². The minimum atomic E-state index is 0.406. The number of thiazole rings is 1. The standard InChI is InChI=1S/C11H8BrCl2NOS/c12-7-1-2-10(9(14)3-7)16-5-11-15-8(4-13)6-17-11/h1-3,6H,4-5H2. The lowest BCUT2D eigenvalue weighted by Gasteiger charge is -2.06. The normalized spacial score (nSPS) is 10.5. The van der Waals surface area contributed by atoms with Crippen LogP contribution in [0.15, 0.2) is 28.1 Å². The second kappa shape index (κ2) is 6.05. The van der Waals surface area contributed by atoms with Crippen LogP contribution in [0.3, 0.4) is 0 Å². The number of hydrogen-bond donors (Lipinski definition) is 0. The van der Waals surface area contributed by atoms with Crippen LogP contribution in [0.1, 0.15) is 10.7 Å². The molecule has 0 N–H and O–H groups in total. The highest BCUT2D eigenvalue weighted by molar-refractivity contribution is 9.10. The quantitative estimate of drug-likeness (QED) is 0.732. The Morgan fingerprint density at radius 1 is 1.41 bits per heavy atom. The van der Waals surface area contributed by atoms with Crippen LogP contribution in [0, 0.1) is 0 Å². The molecule has 0 fully saturated rings. The summed E-state index contributed by atoms with van der Waals surface area (Å²) in [5, 5.41) is 3.39. The Hall–Kier alpha value is -0.290. The van der Waals surface area contributed by atoms with Crippen molar-refractivity contribution in [3.8, 4) is 5.75 Å². The number of ether oxygens (including phenoxy) is 1. The van der Waals surface area contributed by atoms with Gasteiger partial charge in [0.05, 0.1) is 16.6 Å². The molecule has 1 heterocycles. The highest BCUT2D eigenvalue weighted by Crippen LogP contribution is 2.28. The van der Waals surface area contributed by atoms with E-state index in [2.05, 4.69) is 20.9 Å². The van der Waals surface area contributed by atoms with Crippen LogP contribution in [0.2, 0.25) is 5.02 Å². The van der Waals surface area contributed by atoms with Gasteiger partial charge in [-0.1, -0.05) is 27.5 Å². The monoisotopic (exact) mass is 351 g/mol. The molecule has 0 aliphatic heterocycles. The van der Waals surface area contributed by atoms with Gasteiger partial charge in [-0.05, 0) is 18.2 Å². The number of nitrogens with zero attached hydrogens (tertiary/aromatic N) is 1. The van der Waals surface area contributed by atoms with Crippen LogP contribution in [0.25, 0.3) is 0 Å². The summed E-state index contributed by atoms with van der Waals surface area (Å²) in [4.78, 5) is 4.30. The molecule has 0 saturated carbocycles. The van der Waals surface area contributed by atoms with Crippen LogP contribution < -0.4 is 4.74 Å². The molecule has 0 saturated heterocycles. The maximum absolute atomic E-state index is 6.04. The van der Waals surface area contributed by atoms with E-state index in [1.165, 1.54) is 11.3 Å². The van der Waals surface area contributed by atoms with E-state index in [-0.39, 0.29) is 0 Å². The minimum absolute atomic E-state index is 0.406. The third-order valence-electron chi connectivity index (χ3n) is 1.98. The van der Waals surface area contributed by atoms with Crippen molar-refractivity contribution in [1.29, 1.82) is 0 Å². The van der Waals surface area contributed by atoms with Gasteiger partial charge < -0.3 is 4.74 Å². The van der Waals surface area contributed by atoms with Gasteiger partial charge in [-0.3, -0.25) is 0 Å². The van der Waals surface area contributed by atoms with Crippen molar-refractivity contribution in [2.75, 3.05) is 0 Å². The lowest BCUT2D eigenvalue weighted by Crippen LogP contribution is -1.95. The number of benzene rings is 1. The molecule has 1 aromatic heterocycles. The van der Waals surface area contributed by atoms with Gasteiger partial charge in [0.15, 0.2) is 0 Å². The molecule has 0 aliphatic carbocycles. The van der Waals surface area contributed by atoms with Gasteiger partial charge in [0.25, 0.3) is 0 Å². The van der Waals surface area contributed by atoms with Gasteiger partial charge in [-0.15, -0.1) is 22.9 Å². The molecule has 2 aromatic rings. The number of hydrogen-bond acceptors (Lipinski definition) is 3. The number of rotatable bonds is 4. The first kappa shape index (κ1) is 13.1. The number of aromatic nitrogens is 1. The van der Waals surface area contributed by atoms with E-state index in [0.29, 0.717) is 23.3 Å². The minimum Gasteiger partial charge on any atom is -0.485 e. The molecule has 90 valence electrons. The molecular formula is C11H8BrCl2NOS. The number of alkyl halides is 1. The Bertz CT molecular complexity index is 518. The van der Waals surface area contributed by atoms with Crippen molar-refractivity contribution in [2.45, 2.75) is 12.5 Å². The molecule has 2 rings (SSSR count). The van der Waals surface area contributed by atoms with Crippen LogP contribution in [0.5, 0.6) is 5.75 Å². The molecule has 0 radical (unpaired) electrons. The zero-order valence-electron chi connectivity index (χ0n) is 8.62. The Balaban J connectivity index is 2.02. The lowest BCUT2D eigenvalue weighted by molar-refractivity contribution is 0.305. The predicted octanol–water partition coefficient (Wildman–Crippen LogP) is 4.88. The third-order valence-corrected chi connectivity index (χ3v) is 3.91. The predicted molar refractivity (Wildman–Crippen MR) is 75.2 cm³/mol. The molecule has 0 bridgehead atoms. The molecule has 0 spiro atoms. The molecule has 17 heavy (non-hydrogen) atoms. The van der Waals surface area contributed by atoms with Crippen molar-refractivity contribution in [2.24, 2.45) is 0 Å². The number of halogens is 3. The first-order valence-corrected chi connectivity index (χ1v) is 7.34. The summed E-state index contributed by atoms with van der Waals surface area (Å²) in [7, 11) is 0. The highest BCUT2D eigenvalue weighted by atomic mass is 79.9. The fraction of sp³-hybridized carbons (Fsp3) is 0.182. The van der Waals surface area contributed by atoms with Crippen LogP contribution >= 0.6 is 50.5 Å². The lowest BCUT2D eigenvalue weighted by atomic mass is 10.3. The molecule has 6 heteroatoms. The Kier molecular flexibility index (Phi) is 4.68. The van der Waals surface area contributed by atoms with Gasteiger partial charge in [0.2, 0.25) is 0 Å². The SMILES string of the molecule is ClCc1csc(COc2ccc(Br)cc2Cl)n1. The van der Waals surface area contributed by atoms with E-state index in [9.17, 15) is 0 Å². The van der Waals surface area contributed by atoms with Crippen molar-refractivity contribution < 1.29 is 4.74 Å². The molecule has 0 atom stereocenters. The summed E-state index contributed by atoms with van der Waals surface area (Å²) in [5.74, 6) is 1.08. The smallest absolute Gasteiger partial charge is 0.140 e. The van der Waals surface area contributed by atoms with E-state index in [0.717, 1.165) is 15.2 Å². The van der Waals surface area contributed by atoms with Gasteiger partial charge in [0, 0.05) is 9.85 Å². The zero-order chi connectivity index (χ0) is 12.3. The summed E-state index contributed by atoms with van der Waals surface area (Å²) in [6.07, 6.45) is 0. The molecule has 1 aromatic carbocycles. The summed E-state index contributed by atoms with van der Waals surface area (Å²) >= 11 is 16.6. The molecular weight excluding hydrogens is 345 g/mol. The fourth-order valence-electron chi connectivity index (χ4n) is 1.21. The van der Waals surface area contributed by atoms with Gasteiger partial charge in [0.1, 0.15) is 17.4 Å². The summed E-state index contributed by atoms with van der Waals surface area (Å²) in [6.45, 7) is 0.406. The van der Waals surface area contributed by atoms with E-state index in [1.807, 2.05) is 17.5 Å². The van der Waals surface area contributed by atoms with Crippen molar-refractivity contribution in [3.63, 3.8) is 0 Å². The summed E-state index contributed by atoms with van der Waals surface area (Å²) in [6, 6.07) is 5.50. The molecule has 0 amide bonds. The third kappa shape index (κ3) is 3.58. The highest BCUT2D eigenvalue weighted by Gasteiger charge is 2.05. The average molecular weight is 353 g/mol. The zero-order valence-corrected chi connectivity index (χ0v) is 12.5.